The van der Waals surface area contributed by atoms with Gasteiger partial charge in [0.1, 0.15) is 0 Å². The maximum Gasteiger partial charge on any atom is 0.251 e. The van der Waals surface area contributed by atoms with E-state index in [4.69, 9.17) is 14.2 Å². The Hall–Kier alpha value is -3.35. The molecule has 0 atom stereocenters. The summed E-state index contributed by atoms with van der Waals surface area (Å²) in [6, 6.07) is 9.01. The van der Waals surface area contributed by atoms with Gasteiger partial charge in [-0.15, -0.1) is 0 Å². The maximum atomic E-state index is 12.4. The van der Waals surface area contributed by atoms with Crippen molar-refractivity contribution in [3.63, 3.8) is 0 Å². The summed E-state index contributed by atoms with van der Waals surface area (Å²) in [4.78, 5) is 20.8. The van der Waals surface area contributed by atoms with Crippen LogP contribution in [-0.2, 0) is 6.42 Å². The van der Waals surface area contributed by atoms with E-state index in [1.54, 1.807) is 51.9 Å². The summed E-state index contributed by atoms with van der Waals surface area (Å²) in [5.74, 6) is 1.57. The third-order valence-electron chi connectivity index (χ3n) is 4.16. The van der Waals surface area contributed by atoms with Crippen LogP contribution in [0.5, 0.6) is 17.2 Å². The van der Waals surface area contributed by atoms with Gasteiger partial charge in [-0.25, -0.2) is 0 Å². The maximum absolute atomic E-state index is 12.4. The average Bonchev–Trinajstić information content (AvgIpc) is 2.72. The Morgan fingerprint density at radius 3 is 2.22 bits per heavy atom. The standard InChI is InChI=1S/C20H21N3O4/c1-25-17-10-13(11-18(26-2)19(17)27-3)6-7-23-20(24)14-4-5-15-16(12-14)22-9-8-21-15/h4-5,8-12H,6-7H2,1-3H3,(H,23,24). The van der Waals surface area contributed by atoms with Gasteiger partial charge in [-0.2, -0.15) is 0 Å². The van der Waals surface area contributed by atoms with Crippen molar-refractivity contribution in [2.45, 2.75) is 6.42 Å². The average molecular weight is 367 g/mol. The van der Waals surface area contributed by atoms with Gasteiger partial charge in [0, 0.05) is 24.5 Å². The molecule has 0 saturated carbocycles. The number of rotatable bonds is 7. The van der Waals surface area contributed by atoms with Crippen LogP contribution < -0.4 is 19.5 Å². The summed E-state index contributed by atoms with van der Waals surface area (Å²) in [5, 5.41) is 2.92. The fraction of sp³-hybridized carbons (Fsp3) is 0.250. The predicted octanol–water partition coefficient (Wildman–Crippen LogP) is 2.63. The second-order valence-electron chi connectivity index (χ2n) is 5.80. The molecule has 1 N–H and O–H groups in total. The van der Waals surface area contributed by atoms with Crippen LogP contribution in [-0.4, -0.2) is 43.7 Å². The minimum Gasteiger partial charge on any atom is -0.493 e. The number of benzene rings is 2. The van der Waals surface area contributed by atoms with Crippen LogP contribution in [0.1, 0.15) is 15.9 Å². The number of nitrogens with one attached hydrogen (secondary N) is 1. The smallest absolute Gasteiger partial charge is 0.251 e. The van der Waals surface area contributed by atoms with Crippen LogP contribution in [0.15, 0.2) is 42.7 Å². The Bertz CT molecular complexity index is 934. The van der Waals surface area contributed by atoms with Crippen LogP contribution >= 0.6 is 0 Å². The topological polar surface area (TPSA) is 82.6 Å². The van der Waals surface area contributed by atoms with E-state index in [0.717, 1.165) is 11.1 Å². The monoisotopic (exact) mass is 367 g/mol. The van der Waals surface area contributed by atoms with Crippen molar-refractivity contribution < 1.29 is 19.0 Å². The lowest BCUT2D eigenvalue weighted by Crippen LogP contribution is -2.25. The summed E-state index contributed by atoms with van der Waals surface area (Å²) in [7, 11) is 4.71. The molecule has 27 heavy (non-hydrogen) atoms. The summed E-state index contributed by atoms with van der Waals surface area (Å²) in [6.07, 6.45) is 3.85. The number of hydrogen-bond donors (Lipinski definition) is 1. The summed E-state index contributed by atoms with van der Waals surface area (Å²) in [5.41, 5.74) is 2.96. The number of ether oxygens (including phenoxy) is 3. The lowest BCUT2D eigenvalue weighted by molar-refractivity contribution is 0.0954. The minimum atomic E-state index is -0.157. The van der Waals surface area contributed by atoms with Crippen LogP contribution in [0.2, 0.25) is 0 Å². The molecular formula is C20H21N3O4. The van der Waals surface area contributed by atoms with Gasteiger partial charge in [-0.3, -0.25) is 14.8 Å². The van der Waals surface area contributed by atoms with Crippen LogP contribution in [0.4, 0.5) is 0 Å². The second-order valence-corrected chi connectivity index (χ2v) is 5.80. The van der Waals surface area contributed by atoms with E-state index >= 15 is 0 Å². The van der Waals surface area contributed by atoms with Gasteiger partial charge in [0.25, 0.3) is 5.91 Å². The van der Waals surface area contributed by atoms with Gasteiger partial charge in [-0.1, -0.05) is 0 Å². The van der Waals surface area contributed by atoms with Crippen molar-refractivity contribution in [3.05, 3.63) is 53.9 Å². The Kier molecular flexibility index (Phi) is 5.71. The number of hydrogen-bond acceptors (Lipinski definition) is 6. The molecule has 0 radical (unpaired) electrons. The van der Waals surface area contributed by atoms with Gasteiger partial charge >= 0.3 is 0 Å². The SMILES string of the molecule is COc1cc(CCNC(=O)c2ccc3nccnc3c2)cc(OC)c1OC. The van der Waals surface area contributed by atoms with Crippen molar-refractivity contribution in [1.29, 1.82) is 0 Å². The molecule has 1 heterocycles. The molecule has 3 aromatic rings. The van der Waals surface area contributed by atoms with E-state index in [1.807, 2.05) is 12.1 Å². The van der Waals surface area contributed by atoms with Gasteiger partial charge in [0.2, 0.25) is 5.75 Å². The fourth-order valence-corrected chi connectivity index (χ4v) is 2.81. The molecule has 0 aliphatic heterocycles. The molecule has 0 unspecified atom stereocenters. The normalized spacial score (nSPS) is 10.5. The summed E-state index contributed by atoms with van der Waals surface area (Å²) < 4.78 is 16.0. The highest BCUT2D eigenvalue weighted by Gasteiger charge is 2.13. The number of fused-ring (bicyclic) bond motifs is 1. The van der Waals surface area contributed by atoms with Gasteiger partial charge in [0.15, 0.2) is 11.5 Å². The summed E-state index contributed by atoms with van der Waals surface area (Å²) >= 11 is 0. The highest BCUT2D eigenvalue weighted by molar-refractivity contribution is 5.97. The Balaban J connectivity index is 1.67. The molecule has 0 fully saturated rings. The Labute approximate surface area is 157 Å². The number of aromatic nitrogens is 2. The highest BCUT2D eigenvalue weighted by Crippen LogP contribution is 2.38. The van der Waals surface area contributed by atoms with E-state index in [2.05, 4.69) is 15.3 Å². The number of carbonyl (C=O) groups excluding carboxylic acids is 1. The molecule has 1 amide bonds. The van der Waals surface area contributed by atoms with Gasteiger partial charge < -0.3 is 19.5 Å². The first-order valence-electron chi connectivity index (χ1n) is 8.44. The van der Waals surface area contributed by atoms with E-state index in [9.17, 15) is 4.79 Å². The highest BCUT2D eigenvalue weighted by atomic mass is 16.5. The molecule has 7 nitrogen and oxygen atoms in total. The van der Waals surface area contributed by atoms with Crippen molar-refractivity contribution in [3.8, 4) is 17.2 Å². The number of nitrogens with zero attached hydrogens (tertiary/aromatic N) is 2. The number of carbonyl (C=O) groups is 1. The quantitative estimate of drug-likeness (QED) is 0.691. The van der Waals surface area contributed by atoms with Crippen molar-refractivity contribution >= 4 is 16.9 Å². The first-order valence-corrected chi connectivity index (χ1v) is 8.44. The Morgan fingerprint density at radius 1 is 0.926 bits per heavy atom. The molecule has 2 aromatic carbocycles. The molecule has 7 heteroatoms. The van der Waals surface area contributed by atoms with E-state index in [1.165, 1.54) is 0 Å². The molecule has 0 saturated heterocycles. The number of methoxy groups -OCH3 is 3. The fourth-order valence-electron chi connectivity index (χ4n) is 2.81. The summed E-state index contributed by atoms with van der Waals surface area (Å²) in [6.45, 7) is 0.468. The molecular weight excluding hydrogens is 346 g/mol. The van der Waals surface area contributed by atoms with Crippen molar-refractivity contribution in [2.75, 3.05) is 27.9 Å². The molecule has 140 valence electrons. The first kappa shape index (κ1) is 18.4. The lowest BCUT2D eigenvalue weighted by atomic mass is 10.1. The predicted molar refractivity (Wildman–Crippen MR) is 102 cm³/mol. The zero-order valence-electron chi connectivity index (χ0n) is 15.5. The molecule has 0 aliphatic rings. The van der Waals surface area contributed by atoms with Crippen molar-refractivity contribution in [2.24, 2.45) is 0 Å². The number of amides is 1. The lowest BCUT2D eigenvalue weighted by Gasteiger charge is -2.14. The van der Waals surface area contributed by atoms with E-state index in [-0.39, 0.29) is 5.91 Å². The van der Waals surface area contributed by atoms with Crippen molar-refractivity contribution in [1.82, 2.24) is 15.3 Å². The molecule has 3 rings (SSSR count). The molecule has 0 bridgehead atoms. The van der Waals surface area contributed by atoms with Gasteiger partial charge in [-0.05, 0) is 42.3 Å². The van der Waals surface area contributed by atoms with Crippen LogP contribution in [0.3, 0.4) is 0 Å². The second kappa shape index (κ2) is 8.35. The van der Waals surface area contributed by atoms with Crippen LogP contribution in [0.25, 0.3) is 11.0 Å². The molecule has 1 aromatic heterocycles. The largest absolute Gasteiger partial charge is 0.493 e. The van der Waals surface area contributed by atoms with Gasteiger partial charge in [0.05, 0.1) is 32.4 Å². The van der Waals surface area contributed by atoms with Crippen LogP contribution in [0, 0.1) is 0 Å². The zero-order valence-corrected chi connectivity index (χ0v) is 15.5. The zero-order chi connectivity index (χ0) is 19.2. The Morgan fingerprint density at radius 2 is 1.59 bits per heavy atom. The third-order valence-corrected chi connectivity index (χ3v) is 4.16. The third kappa shape index (κ3) is 4.08. The molecule has 0 aliphatic carbocycles. The first-order chi connectivity index (χ1) is 13.2. The van der Waals surface area contributed by atoms with E-state index < -0.39 is 0 Å². The van der Waals surface area contributed by atoms with E-state index in [0.29, 0.717) is 41.3 Å². The molecule has 0 spiro atoms. The minimum absolute atomic E-state index is 0.157.